The van der Waals surface area contributed by atoms with Crippen LogP contribution in [-0.4, -0.2) is 26.4 Å². The highest BCUT2D eigenvalue weighted by atomic mass is 35.5. The third-order valence-electron chi connectivity index (χ3n) is 3.96. The van der Waals surface area contributed by atoms with Crippen molar-refractivity contribution in [2.24, 2.45) is 0 Å². The molecule has 1 heterocycles. The van der Waals surface area contributed by atoms with Crippen molar-refractivity contribution in [3.63, 3.8) is 0 Å². The van der Waals surface area contributed by atoms with E-state index in [2.05, 4.69) is 22.1 Å². The molecule has 0 fully saturated rings. The zero-order valence-electron chi connectivity index (χ0n) is 16.1. The second-order valence-electron chi connectivity index (χ2n) is 6.26. The number of carbonyl (C=O) groups is 1. The van der Waals surface area contributed by atoms with Crippen molar-refractivity contribution >= 4 is 58.3 Å². The van der Waals surface area contributed by atoms with Gasteiger partial charge in [0.25, 0.3) is 0 Å². The number of nitrogens with one attached hydrogen (secondary N) is 1. The smallest absolute Gasteiger partial charge is 0.234 e. The van der Waals surface area contributed by atoms with E-state index in [-0.39, 0.29) is 11.7 Å². The molecule has 2 aromatic carbocycles. The van der Waals surface area contributed by atoms with Gasteiger partial charge in [0.1, 0.15) is 5.82 Å². The number of hydrogen-bond donors (Lipinski definition) is 1. The molecule has 5 nitrogen and oxygen atoms in total. The molecule has 3 aromatic rings. The fourth-order valence-electron chi connectivity index (χ4n) is 2.58. The fourth-order valence-corrected chi connectivity index (χ4v) is 4.59. The van der Waals surface area contributed by atoms with Gasteiger partial charge in [-0.25, -0.2) is 0 Å². The Labute approximate surface area is 194 Å². The van der Waals surface area contributed by atoms with E-state index in [1.165, 1.54) is 17.3 Å². The van der Waals surface area contributed by atoms with Crippen molar-refractivity contribution in [1.82, 2.24) is 14.8 Å². The third-order valence-corrected chi connectivity index (χ3v) is 6.41. The molecule has 0 aliphatic carbocycles. The van der Waals surface area contributed by atoms with Crippen molar-refractivity contribution in [2.75, 3.05) is 11.1 Å². The van der Waals surface area contributed by atoms with Crippen LogP contribution in [0.4, 0.5) is 5.69 Å². The molecule has 3 rings (SSSR count). The number of benzene rings is 2. The molecule has 30 heavy (non-hydrogen) atoms. The van der Waals surface area contributed by atoms with Crippen LogP contribution in [0.1, 0.15) is 11.4 Å². The normalized spacial score (nSPS) is 10.7. The molecule has 0 bridgehead atoms. The average molecular weight is 479 g/mol. The van der Waals surface area contributed by atoms with Gasteiger partial charge in [0.2, 0.25) is 5.91 Å². The predicted octanol–water partition coefficient (Wildman–Crippen LogP) is 5.94. The Hall–Kier alpha value is -1.93. The molecular formula is C21H20Cl2N4OS2. The summed E-state index contributed by atoms with van der Waals surface area (Å²) >= 11 is 15.0. The van der Waals surface area contributed by atoms with Gasteiger partial charge in [-0.2, -0.15) is 0 Å². The van der Waals surface area contributed by atoms with Gasteiger partial charge >= 0.3 is 0 Å². The molecule has 0 spiro atoms. The van der Waals surface area contributed by atoms with Crippen LogP contribution >= 0.6 is 46.7 Å². The molecule has 1 N–H and O–H groups in total. The average Bonchev–Trinajstić information content (AvgIpc) is 3.10. The molecular weight excluding hydrogens is 459 g/mol. The quantitative estimate of drug-likeness (QED) is 0.288. The Kier molecular flexibility index (Phi) is 8.69. The number of hydrogen-bond acceptors (Lipinski definition) is 5. The number of halogens is 2. The van der Waals surface area contributed by atoms with E-state index >= 15 is 0 Å². The molecule has 0 aliphatic rings. The van der Waals surface area contributed by atoms with E-state index in [0.29, 0.717) is 28.2 Å². The fraction of sp³-hybridized carbons (Fsp3) is 0.190. The topological polar surface area (TPSA) is 59.8 Å². The van der Waals surface area contributed by atoms with E-state index in [0.717, 1.165) is 16.6 Å². The summed E-state index contributed by atoms with van der Waals surface area (Å²) in [5.74, 6) is 2.50. The van der Waals surface area contributed by atoms with Crippen molar-refractivity contribution in [3.05, 3.63) is 82.6 Å². The van der Waals surface area contributed by atoms with Crippen LogP contribution in [0.5, 0.6) is 0 Å². The van der Waals surface area contributed by atoms with Crippen LogP contribution in [0.25, 0.3) is 0 Å². The van der Waals surface area contributed by atoms with Crippen molar-refractivity contribution in [3.8, 4) is 0 Å². The highest BCUT2D eigenvalue weighted by Gasteiger charge is 2.14. The van der Waals surface area contributed by atoms with Gasteiger partial charge in [-0.05, 0) is 35.9 Å². The minimum absolute atomic E-state index is 0.130. The Morgan fingerprint density at radius 2 is 1.90 bits per heavy atom. The molecule has 0 radical (unpaired) electrons. The van der Waals surface area contributed by atoms with Gasteiger partial charge in [-0.15, -0.1) is 28.5 Å². The van der Waals surface area contributed by atoms with Gasteiger partial charge in [-0.3, -0.25) is 4.79 Å². The number of allylic oxidation sites excluding steroid dienone is 1. The molecule has 9 heteroatoms. The van der Waals surface area contributed by atoms with Gasteiger partial charge in [0, 0.05) is 28.0 Å². The predicted molar refractivity (Wildman–Crippen MR) is 127 cm³/mol. The number of nitrogens with zero attached hydrogens (tertiary/aromatic N) is 3. The minimum Gasteiger partial charge on any atom is -0.325 e. The van der Waals surface area contributed by atoms with Crippen LogP contribution in [0.15, 0.2) is 66.3 Å². The van der Waals surface area contributed by atoms with Crippen LogP contribution in [-0.2, 0) is 22.8 Å². The molecule has 1 amide bonds. The summed E-state index contributed by atoms with van der Waals surface area (Å²) in [5.41, 5.74) is 1.87. The highest BCUT2D eigenvalue weighted by molar-refractivity contribution is 7.99. The van der Waals surface area contributed by atoms with E-state index < -0.39 is 0 Å². The molecule has 0 saturated carbocycles. The lowest BCUT2D eigenvalue weighted by Crippen LogP contribution is -2.14. The number of carbonyl (C=O) groups excluding carboxylic acids is 1. The molecule has 0 saturated heterocycles. The summed E-state index contributed by atoms with van der Waals surface area (Å²) in [4.78, 5) is 12.3. The highest BCUT2D eigenvalue weighted by Crippen LogP contribution is 2.23. The summed E-state index contributed by atoms with van der Waals surface area (Å²) < 4.78 is 1.99. The van der Waals surface area contributed by atoms with Gasteiger partial charge in [0.15, 0.2) is 5.16 Å². The lowest BCUT2D eigenvalue weighted by Gasteiger charge is -2.08. The van der Waals surface area contributed by atoms with Gasteiger partial charge < -0.3 is 9.88 Å². The first kappa shape index (κ1) is 22.7. The molecule has 156 valence electrons. The number of aromatic nitrogens is 3. The number of amides is 1. The van der Waals surface area contributed by atoms with Crippen molar-refractivity contribution in [1.29, 1.82) is 0 Å². The standard InChI is InChI=1S/C21H20Cl2N4OS2/c1-2-10-27-19(13-29-12-15-6-8-16(22)9-7-15)25-26-21(27)30-14-20(28)24-18-5-3-4-17(23)11-18/h2-9,11H,1,10,12-14H2,(H,24,28). The SMILES string of the molecule is C=CCn1c(CSCc2ccc(Cl)cc2)nnc1SCC(=O)Nc1cccc(Cl)c1. The van der Waals surface area contributed by atoms with Crippen LogP contribution in [0.2, 0.25) is 10.0 Å². The molecule has 0 unspecified atom stereocenters. The van der Waals surface area contributed by atoms with Crippen LogP contribution in [0, 0.1) is 0 Å². The monoisotopic (exact) mass is 478 g/mol. The molecule has 1 aromatic heterocycles. The van der Waals surface area contributed by atoms with E-state index in [1.807, 2.05) is 28.8 Å². The lowest BCUT2D eigenvalue weighted by molar-refractivity contribution is -0.113. The van der Waals surface area contributed by atoms with E-state index in [1.54, 1.807) is 42.1 Å². The number of rotatable bonds is 10. The Morgan fingerprint density at radius 1 is 1.10 bits per heavy atom. The van der Waals surface area contributed by atoms with E-state index in [9.17, 15) is 4.79 Å². The summed E-state index contributed by atoms with van der Waals surface area (Å²) in [6, 6.07) is 14.9. The van der Waals surface area contributed by atoms with Crippen LogP contribution in [0.3, 0.4) is 0 Å². The number of anilines is 1. The summed E-state index contributed by atoms with van der Waals surface area (Å²) in [6.07, 6.45) is 1.80. The van der Waals surface area contributed by atoms with E-state index in [4.69, 9.17) is 23.2 Å². The maximum absolute atomic E-state index is 12.3. The first-order valence-corrected chi connectivity index (χ1v) is 12.0. The van der Waals surface area contributed by atoms with Gasteiger partial charge in [0.05, 0.1) is 11.5 Å². The summed E-state index contributed by atoms with van der Waals surface area (Å²) in [5, 5.41) is 13.4. The Bertz CT molecular complexity index is 1010. The Morgan fingerprint density at radius 3 is 2.63 bits per heavy atom. The first-order chi connectivity index (χ1) is 14.5. The summed E-state index contributed by atoms with van der Waals surface area (Å²) in [7, 11) is 0. The largest absolute Gasteiger partial charge is 0.325 e. The number of thioether (sulfide) groups is 2. The summed E-state index contributed by atoms with van der Waals surface area (Å²) in [6.45, 7) is 4.40. The van der Waals surface area contributed by atoms with Gasteiger partial charge in [-0.1, -0.05) is 59.2 Å². The third kappa shape index (κ3) is 6.80. The second-order valence-corrected chi connectivity index (χ2v) is 9.07. The van der Waals surface area contributed by atoms with Crippen molar-refractivity contribution < 1.29 is 4.79 Å². The maximum atomic E-state index is 12.3. The van der Waals surface area contributed by atoms with Crippen molar-refractivity contribution in [2.45, 2.75) is 23.2 Å². The zero-order chi connectivity index (χ0) is 21.3. The maximum Gasteiger partial charge on any atom is 0.234 e. The zero-order valence-corrected chi connectivity index (χ0v) is 19.2. The molecule has 0 aliphatic heterocycles. The van der Waals surface area contributed by atoms with Crippen LogP contribution < -0.4 is 5.32 Å². The minimum atomic E-state index is -0.130. The first-order valence-electron chi connectivity index (χ1n) is 9.08. The molecule has 0 atom stereocenters. The lowest BCUT2D eigenvalue weighted by atomic mass is 10.2. The second kappa shape index (κ2) is 11.5. The Balaban J connectivity index is 1.55.